The van der Waals surface area contributed by atoms with Crippen molar-refractivity contribution >= 4 is 18.0 Å². The highest BCUT2D eigenvalue weighted by Crippen LogP contribution is 2.14. The van der Waals surface area contributed by atoms with Crippen LogP contribution in [0.15, 0.2) is 30.3 Å². The molecule has 0 bridgehead atoms. The molecule has 1 rings (SSSR count). The summed E-state index contributed by atoms with van der Waals surface area (Å²) >= 11 is 0. The minimum absolute atomic E-state index is 0.186. The highest BCUT2D eigenvalue weighted by Gasteiger charge is 2.11. The van der Waals surface area contributed by atoms with Gasteiger partial charge in [0.15, 0.2) is 6.61 Å². The van der Waals surface area contributed by atoms with Crippen LogP contribution in [-0.2, 0) is 9.59 Å². The van der Waals surface area contributed by atoms with Crippen LogP contribution in [0.4, 0.5) is 0 Å². The Morgan fingerprint density at radius 2 is 2.05 bits per heavy atom. The number of carboxylic acid groups (broad SMARTS) is 1. The molecule has 5 heteroatoms. The SMILES string of the molecule is CC(C)(C)NC(=O)/C=C/c1cccc(OCC(=O)O)c1. The maximum atomic E-state index is 11.6. The fourth-order valence-electron chi connectivity index (χ4n) is 1.44. The molecule has 2 N–H and O–H groups in total. The van der Waals surface area contributed by atoms with Crippen molar-refractivity contribution in [1.82, 2.24) is 5.32 Å². The third-order valence-corrected chi connectivity index (χ3v) is 2.15. The Morgan fingerprint density at radius 1 is 1.35 bits per heavy atom. The number of hydrogen-bond acceptors (Lipinski definition) is 3. The molecule has 0 aliphatic carbocycles. The lowest BCUT2D eigenvalue weighted by atomic mass is 10.1. The van der Waals surface area contributed by atoms with Crippen molar-refractivity contribution in [3.8, 4) is 5.75 Å². The number of carboxylic acids is 1. The minimum Gasteiger partial charge on any atom is -0.482 e. The van der Waals surface area contributed by atoms with E-state index in [1.807, 2.05) is 20.8 Å². The van der Waals surface area contributed by atoms with Gasteiger partial charge in [0.1, 0.15) is 5.75 Å². The highest BCUT2D eigenvalue weighted by atomic mass is 16.5. The van der Waals surface area contributed by atoms with E-state index in [9.17, 15) is 9.59 Å². The van der Waals surface area contributed by atoms with Crippen molar-refractivity contribution in [1.29, 1.82) is 0 Å². The van der Waals surface area contributed by atoms with E-state index in [0.717, 1.165) is 5.56 Å². The van der Waals surface area contributed by atoms with Crippen LogP contribution in [0.25, 0.3) is 6.08 Å². The first-order chi connectivity index (χ1) is 9.26. The molecule has 0 heterocycles. The van der Waals surface area contributed by atoms with E-state index in [1.165, 1.54) is 6.08 Å². The van der Waals surface area contributed by atoms with Gasteiger partial charge in [0.25, 0.3) is 0 Å². The van der Waals surface area contributed by atoms with Gasteiger partial charge >= 0.3 is 5.97 Å². The molecule has 0 aliphatic rings. The molecule has 1 aromatic rings. The van der Waals surface area contributed by atoms with Crippen molar-refractivity contribution in [3.05, 3.63) is 35.9 Å². The summed E-state index contributed by atoms with van der Waals surface area (Å²) in [5, 5.41) is 11.3. The number of ether oxygens (including phenoxy) is 1. The molecule has 108 valence electrons. The number of rotatable bonds is 5. The maximum absolute atomic E-state index is 11.6. The summed E-state index contributed by atoms with van der Waals surface area (Å²) in [5.41, 5.74) is 0.477. The summed E-state index contributed by atoms with van der Waals surface area (Å²) in [4.78, 5) is 22.0. The lowest BCUT2D eigenvalue weighted by Gasteiger charge is -2.18. The molecular weight excluding hydrogens is 258 g/mol. The van der Waals surface area contributed by atoms with Crippen LogP contribution in [0.5, 0.6) is 5.75 Å². The van der Waals surface area contributed by atoms with Gasteiger partial charge in [0, 0.05) is 11.6 Å². The predicted molar refractivity (Wildman–Crippen MR) is 76.5 cm³/mol. The normalized spacial score (nSPS) is 11.3. The molecule has 0 saturated carbocycles. The Hall–Kier alpha value is -2.30. The lowest BCUT2D eigenvalue weighted by Crippen LogP contribution is -2.39. The fraction of sp³-hybridized carbons (Fsp3) is 0.333. The molecule has 5 nitrogen and oxygen atoms in total. The third-order valence-electron chi connectivity index (χ3n) is 2.15. The first-order valence-corrected chi connectivity index (χ1v) is 6.21. The quantitative estimate of drug-likeness (QED) is 0.808. The smallest absolute Gasteiger partial charge is 0.341 e. The van der Waals surface area contributed by atoms with Crippen molar-refractivity contribution in [2.24, 2.45) is 0 Å². The molecule has 20 heavy (non-hydrogen) atoms. The second kappa shape index (κ2) is 6.75. The summed E-state index contributed by atoms with van der Waals surface area (Å²) in [6.45, 7) is 5.31. The van der Waals surface area contributed by atoms with Crippen molar-refractivity contribution in [2.45, 2.75) is 26.3 Å². The Bertz CT molecular complexity index is 515. The molecule has 0 radical (unpaired) electrons. The van der Waals surface area contributed by atoms with Crippen LogP contribution < -0.4 is 10.1 Å². The zero-order valence-electron chi connectivity index (χ0n) is 11.8. The first-order valence-electron chi connectivity index (χ1n) is 6.21. The van der Waals surface area contributed by atoms with Crippen LogP contribution in [0.1, 0.15) is 26.3 Å². The Kier molecular flexibility index (Phi) is 5.32. The molecule has 0 unspecified atom stereocenters. The van der Waals surface area contributed by atoms with E-state index in [4.69, 9.17) is 9.84 Å². The summed E-state index contributed by atoms with van der Waals surface area (Å²) in [5.74, 6) is -0.768. The number of carbonyl (C=O) groups excluding carboxylic acids is 1. The van der Waals surface area contributed by atoms with Gasteiger partial charge in [-0.05, 0) is 44.5 Å². The average Bonchev–Trinajstić information content (AvgIpc) is 2.32. The summed E-state index contributed by atoms with van der Waals surface area (Å²) < 4.78 is 5.06. The zero-order valence-corrected chi connectivity index (χ0v) is 11.8. The molecule has 0 aliphatic heterocycles. The molecule has 1 amide bonds. The van der Waals surface area contributed by atoms with Crippen LogP contribution in [0.3, 0.4) is 0 Å². The average molecular weight is 277 g/mol. The van der Waals surface area contributed by atoms with E-state index in [2.05, 4.69) is 5.32 Å². The van der Waals surface area contributed by atoms with Crippen LogP contribution >= 0.6 is 0 Å². The zero-order chi connectivity index (χ0) is 15.2. The summed E-state index contributed by atoms with van der Waals surface area (Å²) in [6, 6.07) is 6.87. The summed E-state index contributed by atoms with van der Waals surface area (Å²) in [6.07, 6.45) is 3.08. The molecule has 0 atom stereocenters. The van der Waals surface area contributed by atoms with Gasteiger partial charge in [-0.15, -0.1) is 0 Å². The molecule has 0 aromatic heterocycles. The molecule has 0 spiro atoms. The van der Waals surface area contributed by atoms with Gasteiger partial charge in [-0.1, -0.05) is 12.1 Å². The standard InChI is InChI=1S/C15H19NO4/c1-15(2,3)16-13(17)8-7-11-5-4-6-12(9-11)20-10-14(18)19/h4-9H,10H2,1-3H3,(H,16,17)(H,18,19)/b8-7+. The van der Waals surface area contributed by atoms with Crippen molar-refractivity contribution in [2.75, 3.05) is 6.61 Å². The van der Waals surface area contributed by atoms with Gasteiger partial charge in [-0.2, -0.15) is 0 Å². The Balaban J connectivity index is 2.66. The second-order valence-corrected chi connectivity index (χ2v) is 5.33. The van der Waals surface area contributed by atoms with Crippen molar-refractivity contribution in [3.63, 3.8) is 0 Å². The molecule has 1 aromatic carbocycles. The van der Waals surface area contributed by atoms with Gasteiger partial charge in [0.2, 0.25) is 5.91 Å². The van der Waals surface area contributed by atoms with Crippen molar-refractivity contribution < 1.29 is 19.4 Å². The molecule has 0 saturated heterocycles. The Morgan fingerprint density at radius 3 is 2.65 bits per heavy atom. The molecule has 0 fully saturated rings. The van der Waals surface area contributed by atoms with Gasteiger partial charge < -0.3 is 15.2 Å². The third kappa shape index (κ3) is 6.58. The number of carbonyl (C=O) groups is 2. The number of amides is 1. The highest BCUT2D eigenvalue weighted by molar-refractivity contribution is 5.92. The summed E-state index contributed by atoms with van der Waals surface area (Å²) in [7, 11) is 0. The minimum atomic E-state index is -1.03. The first kappa shape index (κ1) is 15.8. The van der Waals surface area contributed by atoms with E-state index >= 15 is 0 Å². The second-order valence-electron chi connectivity index (χ2n) is 5.33. The lowest BCUT2D eigenvalue weighted by molar-refractivity contribution is -0.139. The number of nitrogens with one attached hydrogen (secondary N) is 1. The maximum Gasteiger partial charge on any atom is 0.341 e. The van der Waals surface area contributed by atoms with Crippen LogP contribution in [-0.4, -0.2) is 29.1 Å². The number of benzene rings is 1. The van der Waals surface area contributed by atoms with Crippen LogP contribution in [0.2, 0.25) is 0 Å². The topological polar surface area (TPSA) is 75.6 Å². The van der Waals surface area contributed by atoms with E-state index in [-0.39, 0.29) is 11.4 Å². The van der Waals surface area contributed by atoms with Gasteiger partial charge in [-0.3, -0.25) is 4.79 Å². The number of hydrogen-bond donors (Lipinski definition) is 2. The Labute approximate surface area is 118 Å². The predicted octanol–water partition coefficient (Wildman–Crippen LogP) is 2.08. The van der Waals surface area contributed by atoms with Gasteiger partial charge in [0.05, 0.1) is 0 Å². The molecular formula is C15H19NO4. The largest absolute Gasteiger partial charge is 0.482 e. The number of aliphatic carboxylic acids is 1. The fourth-order valence-corrected chi connectivity index (χ4v) is 1.44. The van der Waals surface area contributed by atoms with Gasteiger partial charge in [-0.25, -0.2) is 4.79 Å². The van der Waals surface area contributed by atoms with E-state index < -0.39 is 12.6 Å². The van der Waals surface area contributed by atoms with Crippen LogP contribution in [0, 0.1) is 0 Å². The van der Waals surface area contributed by atoms with E-state index in [0.29, 0.717) is 5.75 Å². The van der Waals surface area contributed by atoms with E-state index in [1.54, 1.807) is 30.3 Å². The monoisotopic (exact) mass is 277 g/mol.